The van der Waals surface area contributed by atoms with Crippen LogP contribution in [0.5, 0.6) is 0 Å². The topological polar surface area (TPSA) is 96.3 Å². The van der Waals surface area contributed by atoms with Gasteiger partial charge in [-0.15, -0.1) is 0 Å². The van der Waals surface area contributed by atoms with Crippen LogP contribution in [0.4, 0.5) is 14.5 Å². The highest BCUT2D eigenvalue weighted by atomic mass is 32.2. The lowest BCUT2D eigenvalue weighted by Gasteiger charge is -2.26. The van der Waals surface area contributed by atoms with E-state index >= 15 is 0 Å². The van der Waals surface area contributed by atoms with Crippen LogP contribution in [-0.2, 0) is 16.6 Å². The minimum Gasteiger partial charge on any atom is -0.324 e. The lowest BCUT2D eigenvalue weighted by molar-refractivity contribution is 0.577. The van der Waals surface area contributed by atoms with Gasteiger partial charge >= 0.3 is 0 Å². The van der Waals surface area contributed by atoms with Crippen molar-refractivity contribution >= 4 is 21.7 Å². The van der Waals surface area contributed by atoms with Crippen molar-refractivity contribution in [3.8, 4) is 0 Å². The average Bonchev–Trinajstić information content (AvgIpc) is 2.72. The molecule has 154 valence electrons. The zero-order chi connectivity index (χ0) is 21.3. The number of anilines is 1. The first-order valence-corrected chi connectivity index (χ1v) is 10.5. The van der Waals surface area contributed by atoms with Gasteiger partial charge in [0.15, 0.2) is 0 Å². The molecule has 2 heterocycles. The maximum absolute atomic E-state index is 14.8. The van der Waals surface area contributed by atoms with E-state index < -0.39 is 27.6 Å². The number of aliphatic imine (C=N–C) groups is 1. The van der Waals surface area contributed by atoms with Crippen LogP contribution >= 0.6 is 0 Å². The van der Waals surface area contributed by atoms with Crippen molar-refractivity contribution < 1.29 is 17.2 Å². The van der Waals surface area contributed by atoms with Gasteiger partial charge in [-0.2, -0.15) is 0 Å². The normalized spacial score (nSPS) is 17.0. The molecule has 0 spiro atoms. The molecule has 2 N–H and O–H groups in total. The van der Waals surface area contributed by atoms with E-state index in [0.29, 0.717) is 5.82 Å². The van der Waals surface area contributed by atoms with Crippen LogP contribution in [-0.4, -0.2) is 24.3 Å². The summed E-state index contributed by atoms with van der Waals surface area (Å²) in [6.07, 6.45) is 3.08. The number of benzene rings is 2. The van der Waals surface area contributed by atoms with Gasteiger partial charge in [-0.1, -0.05) is 25.1 Å². The number of nitrogens with zero attached hydrogens (tertiary/aromatic N) is 3. The minimum absolute atomic E-state index is 0.00847. The van der Waals surface area contributed by atoms with Crippen molar-refractivity contribution in [1.82, 2.24) is 14.7 Å². The summed E-state index contributed by atoms with van der Waals surface area (Å²) >= 11 is 0. The number of sulfonamides is 1. The number of guanidine groups is 1. The molecule has 0 bridgehead atoms. The molecule has 1 unspecified atom stereocenters. The molecule has 1 atom stereocenters. The molecule has 0 saturated carbocycles. The van der Waals surface area contributed by atoms with Gasteiger partial charge in [-0.05, 0) is 29.8 Å². The number of halogens is 2. The van der Waals surface area contributed by atoms with Gasteiger partial charge < -0.3 is 5.32 Å². The summed E-state index contributed by atoms with van der Waals surface area (Å²) in [5.41, 5.74) is 0.308. The fourth-order valence-corrected chi connectivity index (χ4v) is 4.45. The summed E-state index contributed by atoms with van der Waals surface area (Å²) in [6.45, 7) is 1.62. The van der Waals surface area contributed by atoms with Gasteiger partial charge in [0.1, 0.15) is 28.9 Å². The van der Waals surface area contributed by atoms with E-state index in [0.717, 1.165) is 12.1 Å². The summed E-state index contributed by atoms with van der Waals surface area (Å²) in [5, 5.41) is 2.84. The maximum atomic E-state index is 14.8. The third kappa shape index (κ3) is 3.73. The molecule has 1 aromatic heterocycles. The van der Waals surface area contributed by atoms with Crippen molar-refractivity contribution in [1.29, 1.82) is 0 Å². The predicted molar refractivity (Wildman–Crippen MR) is 107 cm³/mol. The van der Waals surface area contributed by atoms with Crippen molar-refractivity contribution in [2.45, 2.75) is 24.3 Å². The van der Waals surface area contributed by atoms with Crippen molar-refractivity contribution in [3.05, 3.63) is 83.4 Å². The lowest BCUT2D eigenvalue weighted by Crippen LogP contribution is -2.41. The Kier molecular flexibility index (Phi) is 5.17. The van der Waals surface area contributed by atoms with Crippen LogP contribution in [0.25, 0.3) is 0 Å². The van der Waals surface area contributed by atoms with Crippen LogP contribution in [0.2, 0.25) is 0 Å². The zero-order valence-corrected chi connectivity index (χ0v) is 16.6. The SMILES string of the molecule is CC(c1ccccc1F)c1c(F)ccc2c1NC(=NCc1ncccn1)NS2(=O)=O. The Morgan fingerprint density at radius 1 is 1.03 bits per heavy atom. The molecule has 7 nitrogen and oxygen atoms in total. The highest BCUT2D eigenvalue weighted by molar-refractivity contribution is 7.90. The van der Waals surface area contributed by atoms with Crippen LogP contribution in [0, 0.1) is 11.6 Å². The number of hydrogen-bond donors (Lipinski definition) is 2. The van der Waals surface area contributed by atoms with Gasteiger partial charge in [0.25, 0.3) is 10.0 Å². The number of hydrogen-bond acceptors (Lipinski definition) is 5. The lowest BCUT2D eigenvalue weighted by atomic mass is 9.91. The quantitative estimate of drug-likeness (QED) is 0.664. The van der Waals surface area contributed by atoms with Crippen LogP contribution in [0.1, 0.15) is 29.8 Å². The number of nitrogens with one attached hydrogen (secondary N) is 2. The summed E-state index contributed by atoms with van der Waals surface area (Å²) < 4.78 is 56.9. The van der Waals surface area contributed by atoms with Gasteiger partial charge in [-0.3, -0.25) is 0 Å². The Labute approximate surface area is 172 Å². The fraction of sp³-hybridized carbons (Fsp3) is 0.150. The third-order valence-electron chi connectivity index (χ3n) is 4.72. The van der Waals surface area contributed by atoms with Crippen molar-refractivity contribution in [2.75, 3.05) is 5.32 Å². The number of rotatable bonds is 4. The molecule has 2 aromatic carbocycles. The maximum Gasteiger partial charge on any atom is 0.266 e. The summed E-state index contributed by atoms with van der Waals surface area (Å²) in [6, 6.07) is 9.86. The van der Waals surface area contributed by atoms with Gasteiger partial charge in [0.2, 0.25) is 5.96 Å². The molecule has 4 rings (SSSR count). The molecule has 0 radical (unpaired) electrons. The third-order valence-corrected chi connectivity index (χ3v) is 6.10. The van der Waals surface area contributed by atoms with Gasteiger partial charge in [0.05, 0.1) is 5.69 Å². The van der Waals surface area contributed by atoms with E-state index in [1.165, 1.54) is 18.2 Å². The average molecular weight is 429 g/mol. The first kappa shape index (κ1) is 19.9. The van der Waals surface area contributed by atoms with Crippen LogP contribution in [0.15, 0.2) is 64.7 Å². The Morgan fingerprint density at radius 2 is 1.77 bits per heavy atom. The monoisotopic (exact) mass is 429 g/mol. The largest absolute Gasteiger partial charge is 0.324 e. The summed E-state index contributed by atoms with van der Waals surface area (Å²) in [7, 11) is -4.01. The zero-order valence-electron chi connectivity index (χ0n) is 15.8. The molecule has 0 saturated heterocycles. The molecule has 10 heteroatoms. The molecule has 1 aliphatic rings. The van der Waals surface area contributed by atoms with E-state index in [1.807, 2.05) is 0 Å². The van der Waals surface area contributed by atoms with Crippen LogP contribution < -0.4 is 10.0 Å². The molecule has 3 aromatic rings. The summed E-state index contributed by atoms with van der Waals surface area (Å²) in [4.78, 5) is 12.1. The highest BCUT2D eigenvalue weighted by Gasteiger charge is 2.32. The molecule has 0 fully saturated rings. The smallest absolute Gasteiger partial charge is 0.266 e. The van der Waals surface area contributed by atoms with Crippen molar-refractivity contribution in [3.63, 3.8) is 0 Å². The highest BCUT2D eigenvalue weighted by Crippen LogP contribution is 2.38. The second kappa shape index (κ2) is 7.79. The second-order valence-electron chi connectivity index (χ2n) is 6.64. The standard InChI is InChI=1S/C20H17F2N5O2S/c1-12(13-5-2-3-6-14(13)21)18-15(22)7-8-16-19(18)26-20(27-30(16,28)29)25-11-17-23-9-4-10-24-17/h2-10,12H,11H2,1H3,(H2,25,26,27). The predicted octanol–water partition coefficient (Wildman–Crippen LogP) is 3.17. The van der Waals surface area contributed by atoms with E-state index in [4.69, 9.17) is 0 Å². The van der Waals surface area contributed by atoms with Gasteiger partial charge in [-0.25, -0.2) is 36.9 Å². The Balaban J connectivity index is 1.79. The van der Waals surface area contributed by atoms with Crippen molar-refractivity contribution in [2.24, 2.45) is 4.99 Å². The molecule has 0 amide bonds. The fourth-order valence-electron chi connectivity index (χ4n) is 3.29. The Bertz CT molecular complexity index is 1230. The minimum atomic E-state index is -4.01. The van der Waals surface area contributed by atoms with E-state index in [2.05, 4.69) is 25.0 Å². The number of fused-ring (bicyclic) bond motifs is 1. The van der Waals surface area contributed by atoms with Gasteiger partial charge in [0, 0.05) is 23.9 Å². The molecule has 0 aliphatic carbocycles. The van der Waals surface area contributed by atoms with E-state index in [-0.39, 0.29) is 34.2 Å². The molecule has 30 heavy (non-hydrogen) atoms. The first-order chi connectivity index (χ1) is 14.4. The first-order valence-electron chi connectivity index (χ1n) is 9.04. The van der Waals surface area contributed by atoms with E-state index in [9.17, 15) is 17.2 Å². The second-order valence-corrected chi connectivity index (χ2v) is 8.29. The summed E-state index contributed by atoms with van der Waals surface area (Å²) in [5.74, 6) is -1.62. The number of aromatic nitrogens is 2. The molecular formula is C20H17F2N5O2S. The molecular weight excluding hydrogens is 412 g/mol. The molecule has 1 aliphatic heterocycles. The Morgan fingerprint density at radius 3 is 2.50 bits per heavy atom. The Hall–Kier alpha value is -3.40. The van der Waals surface area contributed by atoms with Crippen LogP contribution in [0.3, 0.4) is 0 Å². The van der Waals surface area contributed by atoms with E-state index in [1.54, 1.807) is 31.5 Å².